The summed E-state index contributed by atoms with van der Waals surface area (Å²) in [6, 6.07) is 6.27. The van der Waals surface area contributed by atoms with Crippen LogP contribution in [-0.2, 0) is 26.2 Å². The van der Waals surface area contributed by atoms with Gasteiger partial charge in [-0.25, -0.2) is 15.0 Å². The summed E-state index contributed by atoms with van der Waals surface area (Å²) in [6.07, 6.45) is 5.65. The van der Waals surface area contributed by atoms with Crippen LogP contribution in [-0.4, -0.2) is 87.5 Å². The molecule has 1 aromatic carbocycles. The zero-order chi connectivity index (χ0) is 41.0. The van der Waals surface area contributed by atoms with Crippen LogP contribution in [0, 0.1) is 13.8 Å². The lowest BCUT2D eigenvalue weighted by Crippen LogP contribution is -2.21. The molecule has 0 spiro atoms. The second-order valence-electron chi connectivity index (χ2n) is 13.1. The van der Waals surface area contributed by atoms with Crippen molar-refractivity contribution in [1.82, 2.24) is 49.0 Å². The highest BCUT2D eigenvalue weighted by Gasteiger charge is 2.24. The fraction of sp³-hybridized carbons (Fsp3) is 0.324. The third kappa shape index (κ3) is 8.15. The molecule has 6 rings (SSSR count). The molecule has 6 aromatic rings. The van der Waals surface area contributed by atoms with Crippen LogP contribution in [0.25, 0.3) is 22.2 Å². The van der Waals surface area contributed by atoms with E-state index in [1.165, 1.54) is 23.0 Å². The van der Waals surface area contributed by atoms with E-state index in [0.717, 1.165) is 0 Å². The van der Waals surface area contributed by atoms with Gasteiger partial charge in [0.05, 0.1) is 34.8 Å². The van der Waals surface area contributed by atoms with Crippen LogP contribution in [0.2, 0.25) is 0 Å². The standard InChI is InChI=1S/C37H45N15O5/c1-6-51-26(15-20(3)47-51)34(55)45-37-44-25-17-23(32(40)54)19-42-33(25)50(37)13-9-8-12-49-29-24(16-22(31(39)53)18-27(29)57-14-10-11-41-5)43-36(49)46-35(56)30-28(38)21(4)48-52(30)7-2/h8-9,15-19,41H,6-7,10-14,38H2,1-5H3,(H2,39,53)(H2,40,54)(H,43,46,56)(H,44,45,55)/b9-8+. The van der Waals surface area contributed by atoms with Gasteiger partial charge in [0.1, 0.15) is 28.2 Å². The summed E-state index contributed by atoms with van der Waals surface area (Å²) >= 11 is 0. The number of amides is 4. The van der Waals surface area contributed by atoms with Crippen LogP contribution < -0.4 is 37.9 Å². The van der Waals surface area contributed by atoms with Crippen molar-refractivity contribution in [3.63, 3.8) is 0 Å². The van der Waals surface area contributed by atoms with Gasteiger partial charge in [-0.3, -0.25) is 43.7 Å². The smallest absolute Gasteiger partial charge is 0.278 e. The molecule has 5 aromatic heterocycles. The Labute approximate surface area is 326 Å². The highest BCUT2D eigenvalue weighted by atomic mass is 16.5. The van der Waals surface area contributed by atoms with Gasteiger partial charge in [-0.05, 0) is 72.0 Å². The molecule has 0 saturated carbocycles. The Morgan fingerprint density at radius 1 is 0.825 bits per heavy atom. The number of allylic oxidation sites excluding steroid dienone is 2. The molecule has 298 valence electrons. The Hall–Kier alpha value is -7.09. The summed E-state index contributed by atoms with van der Waals surface area (Å²) in [5, 5.41) is 17.6. The van der Waals surface area contributed by atoms with Crippen molar-refractivity contribution in [3.05, 3.63) is 76.5 Å². The fourth-order valence-corrected chi connectivity index (χ4v) is 6.32. The molecule has 0 fully saturated rings. The third-order valence-corrected chi connectivity index (χ3v) is 9.11. The molecule has 0 bridgehead atoms. The topological polar surface area (TPSA) is 276 Å². The van der Waals surface area contributed by atoms with Crippen molar-refractivity contribution in [2.24, 2.45) is 11.5 Å². The van der Waals surface area contributed by atoms with E-state index in [2.05, 4.69) is 36.1 Å². The zero-order valence-electron chi connectivity index (χ0n) is 32.3. The van der Waals surface area contributed by atoms with E-state index in [1.807, 2.05) is 33.0 Å². The quantitative estimate of drug-likeness (QED) is 0.0575. The van der Waals surface area contributed by atoms with Crippen LogP contribution in [0.3, 0.4) is 0 Å². The van der Waals surface area contributed by atoms with Gasteiger partial charge in [0.2, 0.25) is 23.7 Å². The van der Waals surface area contributed by atoms with E-state index in [4.69, 9.17) is 26.9 Å². The summed E-state index contributed by atoms with van der Waals surface area (Å²) in [5.41, 5.74) is 21.4. The van der Waals surface area contributed by atoms with Gasteiger partial charge in [0, 0.05) is 37.9 Å². The van der Waals surface area contributed by atoms with Gasteiger partial charge >= 0.3 is 0 Å². The normalized spacial score (nSPS) is 11.5. The molecular formula is C37H45N15O5. The summed E-state index contributed by atoms with van der Waals surface area (Å²) in [6.45, 7) is 9.45. The lowest BCUT2D eigenvalue weighted by Gasteiger charge is -2.13. The minimum Gasteiger partial charge on any atom is -0.491 e. The highest BCUT2D eigenvalue weighted by Crippen LogP contribution is 2.32. The highest BCUT2D eigenvalue weighted by molar-refractivity contribution is 6.07. The number of ether oxygens (including phenoxy) is 1. The molecule has 4 amide bonds. The fourth-order valence-electron chi connectivity index (χ4n) is 6.32. The van der Waals surface area contributed by atoms with Crippen molar-refractivity contribution >= 4 is 63.4 Å². The number of fused-ring (bicyclic) bond motifs is 2. The first kappa shape index (κ1) is 39.6. The van der Waals surface area contributed by atoms with E-state index in [0.29, 0.717) is 77.7 Å². The number of benzene rings is 1. The van der Waals surface area contributed by atoms with Crippen LogP contribution in [0.15, 0.2) is 42.6 Å². The maximum absolute atomic E-state index is 13.8. The first-order valence-corrected chi connectivity index (χ1v) is 18.3. The average molecular weight is 780 g/mol. The van der Waals surface area contributed by atoms with Gasteiger partial charge in [0.25, 0.3) is 11.8 Å². The van der Waals surface area contributed by atoms with Crippen molar-refractivity contribution < 1.29 is 23.9 Å². The number of hydrogen-bond acceptors (Lipinski definition) is 12. The molecule has 9 N–H and O–H groups in total. The largest absolute Gasteiger partial charge is 0.491 e. The molecule has 20 nitrogen and oxygen atoms in total. The second kappa shape index (κ2) is 16.7. The first-order valence-electron chi connectivity index (χ1n) is 18.3. The monoisotopic (exact) mass is 779 g/mol. The van der Waals surface area contributed by atoms with Gasteiger partial charge in [-0.1, -0.05) is 12.2 Å². The van der Waals surface area contributed by atoms with Crippen molar-refractivity contribution in [3.8, 4) is 5.75 Å². The Bertz CT molecular complexity index is 2540. The zero-order valence-corrected chi connectivity index (χ0v) is 32.3. The Morgan fingerprint density at radius 3 is 2.16 bits per heavy atom. The number of hydrogen-bond donors (Lipinski definition) is 6. The first-order chi connectivity index (χ1) is 27.3. The van der Waals surface area contributed by atoms with Gasteiger partial charge < -0.3 is 31.8 Å². The maximum atomic E-state index is 13.8. The summed E-state index contributed by atoms with van der Waals surface area (Å²) in [5.74, 6) is -1.65. The number of imidazole rings is 2. The van der Waals surface area contributed by atoms with Crippen molar-refractivity contribution in [2.75, 3.05) is 36.6 Å². The van der Waals surface area contributed by atoms with Gasteiger partial charge in [0.15, 0.2) is 5.65 Å². The molecule has 0 atom stereocenters. The molecule has 0 unspecified atom stereocenters. The molecule has 0 aliphatic carbocycles. The minimum absolute atomic E-state index is 0.145. The average Bonchev–Trinajstić information content (AvgIpc) is 3.92. The number of aryl methyl sites for hydroxylation is 4. The number of primary amides is 2. The molecular weight excluding hydrogens is 735 g/mol. The maximum Gasteiger partial charge on any atom is 0.278 e. The molecule has 5 heterocycles. The van der Waals surface area contributed by atoms with E-state index in [1.54, 1.807) is 39.8 Å². The van der Waals surface area contributed by atoms with Crippen molar-refractivity contribution in [2.45, 2.75) is 60.3 Å². The van der Waals surface area contributed by atoms with Gasteiger partial charge in [-0.15, -0.1) is 0 Å². The third-order valence-electron chi connectivity index (χ3n) is 9.11. The summed E-state index contributed by atoms with van der Waals surface area (Å²) < 4.78 is 12.7. The molecule has 0 radical (unpaired) electrons. The summed E-state index contributed by atoms with van der Waals surface area (Å²) in [4.78, 5) is 65.3. The Balaban J connectivity index is 1.38. The van der Waals surface area contributed by atoms with Crippen LogP contribution in [0.4, 0.5) is 17.6 Å². The lowest BCUT2D eigenvalue weighted by atomic mass is 10.1. The van der Waals surface area contributed by atoms with E-state index >= 15 is 0 Å². The number of carbonyl (C=O) groups is 4. The number of nitrogen functional groups attached to an aromatic ring is 1. The van der Waals surface area contributed by atoms with E-state index in [-0.39, 0.29) is 47.5 Å². The number of pyridine rings is 1. The molecule has 0 aliphatic heterocycles. The minimum atomic E-state index is -0.674. The van der Waals surface area contributed by atoms with Gasteiger partial charge in [-0.2, -0.15) is 10.2 Å². The second-order valence-corrected chi connectivity index (χ2v) is 13.1. The Morgan fingerprint density at radius 2 is 1.47 bits per heavy atom. The van der Waals surface area contributed by atoms with E-state index < -0.39 is 23.6 Å². The van der Waals surface area contributed by atoms with Crippen molar-refractivity contribution in [1.29, 1.82) is 0 Å². The van der Waals surface area contributed by atoms with Crippen LogP contribution in [0.1, 0.15) is 73.3 Å². The number of nitrogens with one attached hydrogen (secondary N) is 3. The molecule has 0 aliphatic rings. The lowest BCUT2D eigenvalue weighted by molar-refractivity contribution is 0.0991. The Kier molecular flexibility index (Phi) is 11.6. The SMILES string of the molecule is CCn1nc(C)cc1C(=O)Nc1nc2cc(C(N)=O)cnc2n1C/C=C/Cn1c(NC(=O)c2c(N)c(C)nn2CC)nc2cc(C(N)=O)cc(OCCCNC)c21. The van der Waals surface area contributed by atoms with Crippen LogP contribution >= 0.6 is 0 Å². The predicted octanol–water partition coefficient (Wildman–Crippen LogP) is 2.36. The number of rotatable bonds is 17. The van der Waals surface area contributed by atoms with E-state index in [9.17, 15) is 19.2 Å². The number of carbonyl (C=O) groups excluding carboxylic acids is 4. The molecule has 0 saturated heterocycles. The van der Waals surface area contributed by atoms with Crippen LogP contribution in [0.5, 0.6) is 5.75 Å². The number of nitrogens with zero attached hydrogens (tertiary/aromatic N) is 9. The number of anilines is 3. The predicted molar refractivity (Wildman–Crippen MR) is 213 cm³/mol. The molecule has 57 heavy (non-hydrogen) atoms. The summed E-state index contributed by atoms with van der Waals surface area (Å²) in [7, 11) is 1.84. The number of nitrogens with two attached hydrogens (primary N) is 3. The number of aromatic nitrogens is 9. The molecule has 20 heteroatoms.